The van der Waals surface area contributed by atoms with Crippen molar-refractivity contribution in [1.82, 2.24) is 4.57 Å². The fraction of sp³-hybridized carbons (Fsp3) is 0. The highest BCUT2D eigenvalue weighted by Gasteiger charge is 2.18. The molecule has 0 amide bonds. The highest BCUT2D eigenvalue weighted by atomic mass is 32.1. The zero-order valence-corrected chi connectivity index (χ0v) is 28.6. The first-order valence-electron chi connectivity index (χ1n) is 17.4. The molecule has 240 valence electrons. The Hall–Kier alpha value is -6.42. The van der Waals surface area contributed by atoms with Crippen LogP contribution in [0.5, 0.6) is 0 Å². The molecule has 0 saturated heterocycles. The van der Waals surface area contributed by atoms with Gasteiger partial charge in [-0.25, -0.2) is 0 Å². The molecule has 2 heterocycles. The van der Waals surface area contributed by atoms with Crippen molar-refractivity contribution in [3.8, 4) is 27.9 Å². The number of nitrogens with zero attached hydrogens (tertiary/aromatic N) is 2. The molecule has 0 N–H and O–H groups in total. The predicted octanol–water partition coefficient (Wildman–Crippen LogP) is 14.0. The third kappa shape index (κ3) is 5.01. The Kier molecular flexibility index (Phi) is 7.04. The van der Waals surface area contributed by atoms with Gasteiger partial charge in [0.25, 0.3) is 0 Å². The van der Waals surface area contributed by atoms with E-state index in [-0.39, 0.29) is 0 Å². The number of para-hydroxylation sites is 2. The maximum Gasteiger partial charge on any atom is 0.0640 e. The monoisotopic (exact) mass is 668 g/mol. The third-order valence-electron chi connectivity index (χ3n) is 10.0. The van der Waals surface area contributed by atoms with Gasteiger partial charge in [0.2, 0.25) is 0 Å². The molecule has 10 aromatic rings. The molecule has 0 fully saturated rings. The predicted molar refractivity (Wildman–Crippen MR) is 219 cm³/mol. The van der Waals surface area contributed by atoms with Gasteiger partial charge in [0.15, 0.2) is 0 Å². The average Bonchev–Trinajstić information content (AvgIpc) is 3.75. The molecular formula is C48H32N2S. The molecular weight excluding hydrogens is 637 g/mol. The Morgan fingerprint density at radius 3 is 1.39 bits per heavy atom. The first kappa shape index (κ1) is 29.5. The van der Waals surface area contributed by atoms with E-state index in [0.717, 1.165) is 17.1 Å². The van der Waals surface area contributed by atoms with Gasteiger partial charge in [0.05, 0.1) is 21.4 Å². The molecule has 2 aromatic heterocycles. The lowest BCUT2D eigenvalue weighted by Crippen LogP contribution is -2.09. The van der Waals surface area contributed by atoms with Crippen molar-refractivity contribution in [1.29, 1.82) is 0 Å². The normalized spacial score (nSPS) is 11.5. The van der Waals surface area contributed by atoms with Crippen LogP contribution in [0.25, 0.3) is 69.9 Å². The van der Waals surface area contributed by atoms with Gasteiger partial charge in [-0.05, 0) is 76.9 Å². The first-order valence-corrected chi connectivity index (χ1v) is 18.2. The molecule has 3 heteroatoms. The van der Waals surface area contributed by atoms with Crippen molar-refractivity contribution < 1.29 is 0 Å². The fourth-order valence-electron chi connectivity index (χ4n) is 7.58. The molecule has 0 bridgehead atoms. The van der Waals surface area contributed by atoms with E-state index in [1.54, 1.807) is 0 Å². The zero-order valence-electron chi connectivity index (χ0n) is 27.8. The molecule has 0 radical (unpaired) electrons. The van der Waals surface area contributed by atoms with Gasteiger partial charge in [0.1, 0.15) is 0 Å². The number of hydrogen-bond donors (Lipinski definition) is 0. The quantitative estimate of drug-likeness (QED) is 0.171. The van der Waals surface area contributed by atoms with Crippen molar-refractivity contribution >= 4 is 70.4 Å². The van der Waals surface area contributed by atoms with Gasteiger partial charge < -0.3 is 9.47 Å². The SMILES string of the molecule is c1ccc(-c2ccc(N(c3ccc(-c4ccccc4)cc3)c3ccc4c(c3)sc3c(-n5c6ccccc6c6ccccc65)cccc34)cc2)cc1. The second kappa shape index (κ2) is 12.2. The average molecular weight is 669 g/mol. The molecule has 0 unspecified atom stereocenters. The Bertz CT molecular complexity index is 2690. The Morgan fingerprint density at radius 2 is 0.824 bits per heavy atom. The number of benzene rings is 8. The minimum absolute atomic E-state index is 1.12. The molecule has 0 saturated carbocycles. The fourth-order valence-corrected chi connectivity index (χ4v) is 8.82. The summed E-state index contributed by atoms with van der Waals surface area (Å²) < 4.78 is 5.00. The maximum absolute atomic E-state index is 2.44. The van der Waals surface area contributed by atoms with Crippen LogP contribution in [0.2, 0.25) is 0 Å². The Balaban J connectivity index is 1.13. The standard InChI is InChI=1S/C48H32N2S/c1-3-12-33(13-4-1)35-22-26-37(27-23-35)49(38-28-24-36(25-29-38)34-14-5-2-6-15-34)39-30-31-42-43-18-11-21-46(48(43)51-47(42)32-39)50-44-19-9-7-16-40(44)41-17-8-10-20-45(41)50/h1-32H. The highest BCUT2D eigenvalue weighted by molar-refractivity contribution is 7.26. The molecule has 0 aliphatic rings. The third-order valence-corrected chi connectivity index (χ3v) is 11.2. The number of fused-ring (bicyclic) bond motifs is 6. The van der Waals surface area contributed by atoms with Gasteiger partial charge in [-0.2, -0.15) is 0 Å². The largest absolute Gasteiger partial charge is 0.310 e. The molecule has 8 aromatic carbocycles. The van der Waals surface area contributed by atoms with Gasteiger partial charge in [-0.3, -0.25) is 0 Å². The summed E-state index contributed by atoms with van der Waals surface area (Å²) in [6.45, 7) is 0. The summed E-state index contributed by atoms with van der Waals surface area (Å²) in [4.78, 5) is 2.38. The molecule has 0 spiro atoms. The van der Waals surface area contributed by atoms with Crippen molar-refractivity contribution in [2.45, 2.75) is 0 Å². The molecule has 51 heavy (non-hydrogen) atoms. The van der Waals surface area contributed by atoms with Crippen molar-refractivity contribution in [3.05, 3.63) is 194 Å². The number of rotatable bonds is 6. The lowest BCUT2D eigenvalue weighted by molar-refractivity contribution is 1.20. The van der Waals surface area contributed by atoms with E-state index in [0.29, 0.717) is 0 Å². The molecule has 2 nitrogen and oxygen atoms in total. The number of aromatic nitrogens is 1. The second-order valence-corrected chi connectivity index (χ2v) is 14.0. The summed E-state index contributed by atoms with van der Waals surface area (Å²) in [5.41, 5.74) is 11.9. The summed E-state index contributed by atoms with van der Waals surface area (Å²) >= 11 is 1.88. The summed E-state index contributed by atoms with van der Waals surface area (Å²) in [6, 6.07) is 70.2. The molecule has 10 rings (SSSR count). The van der Waals surface area contributed by atoms with Crippen LogP contribution in [-0.2, 0) is 0 Å². The minimum atomic E-state index is 1.12. The van der Waals surface area contributed by atoms with E-state index >= 15 is 0 Å². The Morgan fingerprint density at radius 1 is 0.353 bits per heavy atom. The van der Waals surface area contributed by atoms with E-state index in [2.05, 4.69) is 204 Å². The summed E-state index contributed by atoms with van der Waals surface area (Å²) in [7, 11) is 0. The van der Waals surface area contributed by atoms with Crippen LogP contribution in [0, 0.1) is 0 Å². The van der Waals surface area contributed by atoms with E-state index in [1.165, 1.54) is 69.9 Å². The van der Waals surface area contributed by atoms with Gasteiger partial charge in [0, 0.05) is 43.3 Å². The lowest BCUT2D eigenvalue weighted by Gasteiger charge is -2.26. The van der Waals surface area contributed by atoms with Gasteiger partial charge >= 0.3 is 0 Å². The van der Waals surface area contributed by atoms with E-state index in [4.69, 9.17) is 0 Å². The van der Waals surface area contributed by atoms with E-state index in [9.17, 15) is 0 Å². The topological polar surface area (TPSA) is 8.17 Å². The number of anilines is 3. The van der Waals surface area contributed by atoms with Crippen molar-refractivity contribution in [2.24, 2.45) is 0 Å². The smallest absolute Gasteiger partial charge is 0.0640 e. The van der Waals surface area contributed by atoms with Crippen molar-refractivity contribution in [2.75, 3.05) is 4.90 Å². The van der Waals surface area contributed by atoms with Gasteiger partial charge in [-0.1, -0.05) is 140 Å². The van der Waals surface area contributed by atoms with Crippen LogP contribution in [0.3, 0.4) is 0 Å². The Labute approximate surface area is 300 Å². The first-order chi connectivity index (χ1) is 25.3. The molecule has 0 atom stereocenters. The summed E-state index contributed by atoms with van der Waals surface area (Å²) in [6.07, 6.45) is 0. The van der Waals surface area contributed by atoms with Crippen LogP contribution in [0.4, 0.5) is 17.1 Å². The lowest BCUT2D eigenvalue weighted by atomic mass is 10.0. The van der Waals surface area contributed by atoms with Gasteiger partial charge in [-0.15, -0.1) is 11.3 Å². The van der Waals surface area contributed by atoms with Crippen LogP contribution in [0.15, 0.2) is 194 Å². The van der Waals surface area contributed by atoms with Crippen LogP contribution in [-0.4, -0.2) is 4.57 Å². The highest BCUT2D eigenvalue weighted by Crippen LogP contribution is 2.44. The van der Waals surface area contributed by atoms with E-state index in [1.807, 2.05) is 11.3 Å². The van der Waals surface area contributed by atoms with E-state index < -0.39 is 0 Å². The summed E-state index contributed by atoms with van der Waals surface area (Å²) in [5, 5.41) is 5.12. The van der Waals surface area contributed by atoms with Crippen molar-refractivity contribution in [3.63, 3.8) is 0 Å². The molecule has 0 aliphatic carbocycles. The number of thiophene rings is 1. The number of hydrogen-bond acceptors (Lipinski definition) is 2. The zero-order chi connectivity index (χ0) is 33.7. The second-order valence-electron chi connectivity index (χ2n) is 13.0. The van der Waals surface area contributed by atoms with Crippen LogP contribution >= 0.6 is 11.3 Å². The molecule has 0 aliphatic heterocycles. The minimum Gasteiger partial charge on any atom is -0.310 e. The van der Waals surface area contributed by atoms with Crippen LogP contribution < -0.4 is 4.90 Å². The maximum atomic E-state index is 2.44. The summed E-state index contributed by atoms with van der Waals surface area (Å²) in [5.74, 6) is 0. The van der Waals surface area contributed by atoms with Crippen LogP contribution in [0.1, 0.15) is 0 Å².